The van der Waals surface area contributed by atoms with Crippen molar-refractivity contribution in [3.05, 3.63) is 85.1 Å². The predicted molar refractivity (Wildman–Crippen MR) is 210 cm³/mol. The molecule has 0 amide bonds. The Morgan fingerprint density at radius 3 is 1.69 bits per heavy atom. The standard InChI is InChI=1S/C41H68NO8P/c1-3-5-7-9-11-13-15-16-17-18-19-20-21-22-24-25-27-29-31-33-40(43)47-37-39(38-49-51(45,46)48-36-35-42)50-41(44)34-32-30-28-26-23-14-12-10-8-6-4-2/h5,7,10-13,16-17,19-20,22,24,27,29,39H,3-4,6,8-9,14-15,18,21,23,25-26,28,30-38,42H2,1-2H3,(H,45,46)/t39-/m1/s1. The molecule has 0 radical (unpaired) electrons. The quantitative estimate of drug-likeness (QED) is 0.0287. The maximum atomic E-state index is 12.5. The van der Waals surface area contributed by atoms with E-state index in [4.69, 9.17) is 24.3 Å². The zero-order valence-corrected chi connectivity index (χ0v) is 32.4. The smallest absolute Gasteiger partial charge is 0.462 e. The lowest BCUT2D eigenvalue weighted by molar-refractivity contribution is -0.161. The molecule has 0 saturated heterocycles. The zero-order chi connectivity index (χ0) is 37.5. The lowest BCUT2D eigenvalue weighted by Gasteiger charge is -2.19. The van der Waals surface area contributed by atoms with Crippen molar-refractivity contribution in [3.8, 4) is 0 Å². The molecule has 290 valence electrons. The van der Waals surface area contributed by atoms with Gasteiger partial charge in [-0.3, -0.25) is 18.6 Å². The molecule has 9 nitrogen and oxygen atoms in total. The molecule has 51 heavy (non-hydrogen) atoms. The molecule has 0 fully saturated rings. The second-order valence-corrected chi connectivity index (χ2v) is 13.5. The van der Waals surface area contributed by atoms with Gasteiger partial charge in [0.15, 0.2) is 6.10 Å². The van der Waals surface area contributed by atoms with Crippen LogP contribution in [0.1, 0.15) is 129 Å². The number of rotatable bonds is 34. The average Bonchev–Trinajstić information content (AvgIpc) is 3.11. The Hall–Kier alpha value is -2.81. The van der Waals surface area contributed by atoms with Gasteiger partial charge in [0, 0.05) is 19.4 Å². The van der Waals surface area contributed by atoms with Gasteiger partial charge in [-0.15, -0.1) is 0 Å². The maximum absolute atomic E-state index is 12.5. The molecule has 0 bridgehead atoms. The van der Waals surface area contributed by atoms with Gasteiger partial charge >= 0.3 is 19.8 Å². The largest absolute Gasteiger partial charge is 0.472 e. The summed E-state index contributed by atoms with van der Waals surface area (Å²) < 4.78 is 32.5. The minimum atomic E-state index is -4.39. The molecule has 10 heteroatoms. The van der Waals surface area contributed by atoms with E-state index in [2.05, 4.69) is 86.8 Å². The second-order valence-electron chi connectivity index (χ2n) is 12.1. The lowest BCUT2D eigenvalue weighted by atomic mass is 10.1. The molecular weight excluding hydrogens is 665 g/mol. The fraction of sp³-hybridized carbons (Fsp3) is 0.610. The van der Waals surface area contributed by atoms with Gasteiger partial charge in [-0.05, 0) is 70.6 Å². The minimum absolute atomic E-state index is 0.0381. The number of ether oxygens (including phenoxy) is 2. The van der Waals surface area contributed by atoms with Crippen molar-refractivity contribution in [2.24, 2.45) is 5.73 Å². The highest BCUT2D eigenvalue weighted by atomic mass is 31.2. The number of unbranched alkanes of at least 4 members (excludes halogenated alkanes) is 7. The average molecular weight is 734 g/mol. The van der Waals surface area contributed by atoms with Crippen LogP contribution in [0.3, 0.4) is 0 Å². The van der Waals surface area contributed by atoms with Crippen molar-refractivity contribution < 1.29 is 37.6 Å². The van der Waals surface area contributed by atoms with Crippen LogP contribution >= 0.6 is 7.82 Å². The highest BCUT2D eigenvalue weighted by Crippen LogP contribution is 2.43. The third kappa shape index (κ3) is 36.8. The van der Waals surface area contributed by atoms with E-state index >= 15 is 0 Å². The molecule has 0 aliphatic heterocycles. The Bertz CT molecular complexity index is 1110. The normalized spacial score (nSPS) is 14.4. The molecule has 2 atom stereocenters. The van der Waals surface area contributed by atoms with Gasteiger partial charge in [0.05, 0.1) is 13.2 Å². The number of hydrogen-bond acceptors (Lipinski definition) is 8. The van der Waals surface area contributed by atoms with Crippen LogP contribution in [0.15, 0.2) is 85.1 Å². The molecule has 0 saturated carbocycles. The van der Waals surface area contributed by atoms with Gasteiger partial charge in [0.25, 0.3) is 0 Å². The number of carbonyl (C=O) groups is 2. The maximum Gasteiger partial charge on any atom is 0.472 e. The summed E-state index contributed by atoms with van der Waals surface area (Å²) in [5.41, 5.74) is 5.32. The van der Waals surface area contributed by atoms with Gasteiger partial charge in [0.2, 0.25) is 0 Å². The third-order valence-corrected chi connectivity index (χ3v) is 8.26. The van der Waals surface area contributed by atoms with E-state index in [-0.39, 0.29) is 32.6 Å². The third-order valence-electron chi connectivity index (χ3n) is 7.28. The summed E-state index contributed by atoms with van der Waals surface area (Å²) in [5.74, 6) is -0.950. The van der Waals surface area contributed by atoms with Crippen LogP contribution < -0.4 is 5.73 Å². The first-order chi connectivity index (χ1) is 24.8. The van der Waals surface area contributed by atoms with E-state index < -0.39 is 32.5 Å². The van der Waals surface area contributed by atoms with E-state index in [0.29, 0.717) is 12.8 Å². The van der Waals surface area contributed by atoms with E-state index in [9.17, 15) is 19.0 Å². The van der Waals surface area contributed by atoms with Crippen LogP contribution in [-0.4, -0.2) is 49.3 Å². The number of carbonyl (C=O) groups excluding carboxylic acids is 2. The van der Waals surface area contributed by atoms with Crippen LogP contribution in [0.4, 0.5) is 0 Å². The summed E-state index contributed by atoms with van der Waals surface area (Å²) >= 11 is 0. The van der Waals surface area contributed by atoms with Crippen molar-refractivity contribution >= 4 is 19.8 Å². The van der Waals surface area contributed by atoms with E-state index in [1.807, 2.05) is 12.2 Å². The van der Waals surface area contributed by atoms with Crippen molar-refractivity contribution in [1.82, 2.24) is 0 Å². The molecular formula is C41H68NO8P. The Morgan fingerprint density at radius 2 is 1.12 bits per heavy atom. The Kier molecular flexibility index (Phi) is 34.9. The Balaban J connectivity index is 4.36. The first-order valence-corrected chi connectivity index (χ1v) is 20.6. The molecule has 0 aromatic heterocycles. The molecule has 0 aromatic rings. The number of esters is 2. The molecule has 0 aromatic carbocycles. The summed E-state index contributed by atoms with van der Waals surface area (Å²) in [5, 5.41) is 0. The fourth-order valence-electron chi connectivity index (χ4n) is 4.46. The van der Waals surface area contributed by atoms with Crippen molar-refractivity contribution in [3.63, 3.8) is 0 Å². The van der Waals surface area contributed by atoms with Crippen LogP contribution in [0.5, 0.6) is 0 Å². The molecule has 0 spiro atoms. The number of nitrogens with two attached hydrogens (primary N) is 1. The molecule has 3 N–H and O–H groups in total. The molecule has 0 heterocycles. The molecule has 0 aliphatic carbocycles. The first kappa shape index (κ1) is 48.2. The first-order valence-electron chi connectivity index (χ1n) is 19.1. The number of phosphoric acid groups is 1. The van der Waals surface area contributed by atoms with Gasteiger partial charge in [0.1, 0.15) is 6.61 Å². The van der Waals surface area contributed by atoms with Crippen molar-refractivity contribution in [2.45, 2.75) is 136 Å². The van der Waals surface area contributed by atoms with Gasteiger partial charge in [-0.2, -0.15) is 0 Å². The van der Waals surface area contributed by atoms with Gasteiger partial charge in [-0.1, -0.05) is 131 Å². The summed E-state index contributed by atoms with van der Waals surface area (Å²) in [7, 11) is -4.39. The molecule has 0 rings (SSSR count). The zero-order valence-electron chi connectivity index (χ0n) is 31.5. The summed E-state index contributed by atoms with van der Waals surface area (Å²) in [6.07, 6.45) is 44.9. The van der Waals surface area contributed by atoms with E-state index in [0.717, 1.165) is 77.0 Å². The molecule has 0 aliphatic rings. The Morgan fingerprint density at radius 1 is 0.608 bits per heavy atom. The summed E-state index contributed by atoms with van der Waals surface area (Å²) in [6.45, 7) is 3.44. The highest BCUT2D eigenvalue weighted by Gasteiger charge is 2.25. The van der Waals surface area contributed by atoms with E-state index in [1.165, 1.54) is 12.8 Å². The fourth-order valence-corrected chi connectivity index (χ4v) is 5.23. The van der Waals surface area contributed by atoms with Gasteiger partial charge < -0.3 is 20.1 Å². The summed E-state index contributed by atoms with van der Waals surface area (Å²) in [4.78, 5) is 34.6. The van der Waals surface area contributed by atoms with Crippen LogP contribution in [-0.2, 0) is 32.7 Å². The predicted octanol–water partition coefficient (Wildman–Crippen LogP) is 10.5. The number of phosphoric ester groups is 1. The van der Waals surface area contributed by atoms with Crippen molar-refractivity contribution in [1.29, 1.82) is 0 Å². The lowest BCUT2D eigenvalue weighted by Crippen LogP contribution is -2.29. The number of allylic oxidation sites excluding steroid dienone is 14. The topological polar surface area (TPSA) is 134 Å². The molecule has 1 unspecified atom stereocenters. The van der Waals surface area contributed by atoms with Crippen molar-refractivity contribution in [2.75, 3.05) is 26.4 Å². The van der Waals surface area contributed by atoms with Crippen LogP contribution in [0.25, 0.3) is 0 Å². The summed E-state index contributed by atoms with van der Waals surface area (Å²) in [6, 6.07) is 0. The van der Waals surface area contributed by atoms with Gasteiger partial charge in [-0.25, -0.2) is 4.57 Å². The monoisotopic (exact) mass is 733 g/mol. The van der Waals surface area contributed by atoms with E-state index in [1.54, 1.807) is 0 Å². The second kappa shape index (κ2) is 37.0. The number of hydrogen-bond donors (Lipinski definition) is 2. The highest BCUT2D eigenvalue weighted by molar-refractivity contribution is 7.47. The van der Waals surface area contributed by atoms with Crippen LogP contribution in [0.2, 0.25) is 0 Å². The Labute approximate surface area is 309 Å². The SMILES string of the molecule is CCC=CCC=CCC=CCC=CCC=CCC=CCCC(=O)OC[C@H](COP(=O)(O)OCCN)OC(=O)CCCCCCCC=CCCCC. The van der Waals surface area contributed by atoms with Crippen LogP contribution in [0, 0.1) is 0 Å². The minimum Gasteiger partial charge on any atom is -0.462 e.